The third kappa shape index (κ3) is 6.02. The molecule has 0 atom stereocenters. The van der Waals surface area contributed by atoms with Crippen molar-refractivity contribution in [2.24, 2.45) is 0 Å². The highest BCUT2D eigenvalue weighted by atomic mass is 16.6. The number of nitrogens with zero attached hydrogens (tertiary/aromatic N) is 1. The standard InChI is InChI=1S/C15H24N2O3/c1-3-16(4-2)12-6-5-7-13-20-15-10-8-14(9-11-15)17(18)19/h8-11H,3-7,12-13H2,1-2H3/p+1. The number of unbranched alkanes of at least 4 members (excludes halogenated alkanes) is 2. The molecule has 20 heavy (non-hydrogen) atoms. The summed E-state index contributed by atoms with van der Waals surface area (Å²) in [5, 5.41) is 10.5. The molecule has 0 fully saturated rings. The second-order valence-electron chi connectivity index (χ2n) is 4.87. The number of ether oxygens (including phenoxy) is 1. The van der Waals surface area contributed by atoms with Crippen molar-refractivity contribution in [3.8, 4) is 5.75 Å². The Morgan fingerprint density at radius 1 is 1.10 bits per heavy atom. The molecule has 5 heteroatoms. The molecule has 0 aliphatic carbocycles. The van der Waals surface area contributed by atoms with Crippen molar-refractivity contribution in [3.63, 3.8) is 0 Å². The first-order valence-corrected chi connectivity index (χ1v) is 7.38. The number of benzene rings is 1. The summed E-state index contributed by atoms with van der Waals surface area (Å²) in [6.45, 7) is 8.72. The zero-order valence-electron chi connectivity index (χ0n) is 12.4. The third-order valence-corrected chi connectivity index (χ3v) is 3.49. The Labute approximate surface area is 120 Å². The van der Waals surface area contributed by atoms with Crippen LogP contribution in [0.4, 0.5) is 5.69 Å². The molecule has 1 rings (SSSR count). The van der Waals surface area contributed by atoms with Crippen molar-refractivity contribution < 1.29 is 14.6 Å². The van der Waals surface area contributed by atoms with Gasteiger partial charge in [-0.2, -0.15) is 0 Å². The first-order chi connectivity index (χ1) is 9.67. The number of quaternary nitrogens is 1. The van der Waals surface area contributed by atoms with Gasteiger partial charge in [0.2, 0.25) is 0 Å². The number of nitrogens with one attached hydrogen (secondary N) is 1. The molecule has 0 radical (unpaired) electrons. The average Bonchev–Trinajstić information content (AvgIpc) is 2.47. The Hall–Kier alpha value is -1.62. The summed E-state index contributed by atoms with van der Waals surface area (Å²) in [4.78, 5) is 11.7. The molecular weight excluding hydrogens is 256 g/mol. The van der Waals surface area contributed by atoms with Crippen LogP contribution in [0, 0.1) is 10.1 Å². The summed E-state index contributed by atoms with van der Waals surface area (Å²) in [7, 11) is 0. The summed E-state index contributed by atoms with van der Waals surface area (Å²) in [5.74, 6) is 0.699. The van der Waals surface area contributed by atoms with E-state index in [-0.39, 0.29) is 5.69 Å². The summed E-state index contributed by atoms with van der Waals surface area (Å²) < 4.78 is 5.57. The van der Waals surface area contributed by atoms with E-state index in [0.717, 1.165) is 12.8 Å². The Kier molecular flexibility index (Phi) is 7.65. The van der Waals surface area contributed by atoms with Gasteiger partial charge in [-0.1, -0.05) is 0 Å². The van der Waals surface area contributed by atoms with Crippen LogP contribution >= 0.6 is 0 Å². The maximum absolute atomic E-state index is 10.5. The van der Waals surface area contributed by atoms with Crippen molar-refractivity contribution in [3.05, 3.63) is 34.4 Å². The van der Waals surface area contributed by atoms with Crippen LogP contribution in [0.5, 0.6) is 5.75 Å². The monoisotopic (exact) mass is 281 g/mol. The van der Waals surface area contributed by atoms with Crippen molar-refractivity contribution in [1.82, 2.24) is 0 Å². The molecule has 0 heterocycles. The van der Waals surface area contributed by atoms with Crippen LogP contribution in [-0.4, -0.2) is 31.2 Å². The molecule has 112 valence electrons. The van der Waals surface area contributed by atoms with Gasteiger partial charge in [-0.05, 0) is 45.2 Å². The zero-order chi connectivity index (χ0) is 14.8. The topological polar surface area (TPSA) is 56.8 Å². The van der Waals surface area contributed by atoms with Gasteiger partial charge in [0.1, 0.15) is 5.75 Å². The fourth-order valence-corrected chi connectivity index (χ4v) is 2.11. The van der Waals surface area contributed by atoms with E-state index in [4.69, 9.17) is 4.74 Å². The molecule has 0 unspecified atom stereocenters. The molecule has 0 spiro atoms. The van der Waals surface area contributed by atoms with Gasteiger partial charge in [-0.25, -0.2) is 0 Å². The third-order valence-electron chi connectivity index (χ3n) is 3.49. The molecule has 0 aromatic heterocycles. The Morgan fingerprint density at radius 3 is 2.30 bits per heavy atom. The Bertz CT molecular complexity index is 389. The van der Waals surface area contributed by atoms with Crippen LogP contribution in [0.15, 0.2) is 24.3 Å². The number of nitro benzene ring substituents is 1. The van der Waals surface area contributed by atoms with Crippen LogP contribution in [0.25, 0.3) is 0 Å². The van der Waals surface area contributed by atoms with Crippen LogP contribution in [-0.2, 0) is 0 Å². The molecule has 1 aromatic carbocycles. The lowest BCUT2D eigenvalue weighted by atomic mass is 10.2. The highest BCUT2D eigenvalue weighted by molar-refractivity contribution is 5.35. The highest BCUT2D eigenvalue weighted by Gasteiger charge is 2.04. The largest absolute Gasteiger partial charge is 0.494 e. The normalized spacial score (nSPS) is 10.8. The van der Waals surface area contributed by atoms with Crippen molar-refractivity contribution >= 4 is 5.69 Å². The number of non-ortho nitro benzene ring substituents is 1. The summed E-state index contributed by atoms with van der Waals surface area (Å²) >= 11 is 0. The van der Waals surface area contributed by atoms with Crippen molar-refractivity contribution in [2.45, 2.75) is 33.1 Å². The maximum Gasteiger partial charge on any atom is 0.269 e. The van der Waals surface area contributed by atoms with Crippen molar-refractivity contribution in [1.29, 1.82) is 0 Å². The highest BCUT2D eigenvalue weighted by Crippen LogP contribution is 2.17. The SMILES string of the molecule is CC[NH+](CC)CCCCCOc1ccc([N+](=O)[O-])cc1. The van der Waals surface area contributed by atoms with E-state index in [2.05, 4.69) is 13.8 Å². The first kappa shape index (κ1) is 16.4. The van der Waals surface area contributed by atoms with Gasteiger partial charge in [-0.15, -0.1) is 0 Å². The minimum absolute atomic E-state index is 0.0968. The first-order valence-electron chi connectivity index (χ1n) is 7.38. The Morgan fingerprint density at radius 2 is 1.75 bits per heavy atom. The average molecular weight is 281 g/mol. The second kappa shape index (κ2) is 9.31. The molecule has 0 amide bonds. The second-order valence-corrected chi connectivity index (χ2v) is 4.87. The van der Waals surface area contributed by atoms with Gasteiger partial charge in [0.05, 0.1) is 31.2 Å². The van der Waals surface area contributed by atoms with E-state index in [1.807, 2.05) is 0 Å². The van der Waals surface area contributed by atoms with Gasteiger partial charge in [-0.3, -0.25) is 10.1 Å². The molecule has 0 saturated heterocycles. The fraction of sp³-hybridized carbons (Fsp3) is 0.600. The molecule has 0 bridgehead atoms. The van der Waals surface area contributed by atoms with Crippen LogP contribution in [0.3, 0.4) is 0 Å². The predicted octanol–water partition coefficient (Wildman–Crippen LogP) is 2.07. The number of rotatable bonds is 10. The number of nitro groups is 1. The molecule has 1 N–H and O–H groups in total. The number of hydrogen-bond donors (Lipinski definition) is 1. The van der Waals surface area contributed by atoms with Crippen LogP contribution in [0.1, 0.15) is 33.1 Å². The van der Waals surface area contributed by atoms with E-state index in [9.17, 15) is 10.1 Å². The lowest BCUT2D eigenvalue weighted by molar-refractivity contribution is -0.896. The van der Waals surface area contributed by atoms with Crippen LogP contribution < -0.4 is 9.64 Å². The minimum atomic E-state index is -0.403. The lowest BCUT2D eigenvalue weighted by Gasteiger charge is -2.14. The predicted molar refractivity (Wildman–Crippen MR) is 79.4 cm³/mol. The fourth-order valence-electron chi connectivity index (χ4n) is 2.11. The Balaban J connectivity index is 2.13. The maximum atomic E-state index is 10.5. The molecule has 0 saturated carbocycles. The van der Waals surface area contributed by atoms with E-state index < -0.39 is 4.92 Å². The van der Waals surface area contributed by atoms with E-state index in [1.54, 1.807) is 17.0 Å². The lowest BCUT2D eigenvalue weighted by Crippen LogP contribution is -3.11. The van der Waals surface area contributed by atoms with E-state index >= 15 is 0 Å². The van der Waals surface area contributed by atoms with Crippen LogP contribution in [0.2, 0.25) is 0 Å². The molecule has 5 nitrogen and oxygen atoms in total. The number of hydrogen-bond acceptors (Lipinski definition) is 3. The quantitative estimate of drug-likeness (QED) is 0.406. The van der Waals surface area contributed by atoms with Gasteiger partial charge in [0.15, 0.2) is 0 Å². The summed E-state index contributed by atoms with van der Waals surface area (Å²) in [6.07, 6.45) is 3.41. The van der Waals surface area contributed by atoms with E-state index in [1.165, 1.54) is 38.2 Å². The van der Waals surface area contributed by atoms with Gasteiger partial charge in [0.25, 0.3) is 5.69 Å². The summed E-state index contributed by atoms with van der Waals surface area (Å²) in [5.41, 5.74) is 0.0968. The zero-order valence-corrected chi connectivity index (χ0v) is 12.4. The van der Waals surface area contributed by atoms with Gasteiger partial charge >= 0.3 is 0 Å². The van der Waals surface area contributed by atoms with Crippen molar-refractivity contribution in [2.75, 3.05) is 26.2 Å². The molecule has 0 aliphatic rings. The molecular formula is C15H25N2O3+. The summed E-state index contributed by atoms with van der Waals surface area (Å²) in [6, 6.07) is 6.24. The molecule has 1 aromatic rings. The minimum Gasteiger partial charge on any atom is -0.494 e. The van der Waals surface area contributed by atoms with E-state index in [0.29, 0.717) is 12.4 Å². The smallest absolute Gasteiger partial charge is 0.269 e. The van der Waals surface area contributed by atoms with Gasteiger partial charge in [0, 0.05) is 12.1 Å². The molecule has 0 aliphatic heterocycles. The van der Waals surface area contributed by atoms with Gasteiger partial charge < -0.3 is 9.64 Å².